The van der Waals surface area contributed by atoms with E-state index in [2.05, 4.69) is 101 Å². The van der Waals surface area contributed by atoms with Crippen molar-refractivity contribution in [1.82, 2.24) is 15.0 Å². The van der Waals surface area contributed by atoms with E-state index in [4.69, 9.17) is 4.98 Å². The molecule has 177 valence electrons. The number of rotatable bonds is 4. The predicted octanol–water partition coefficient (Wildman–Crippen LogP) is 8.65. The van der Waals surface area contributed by atoms with Crippen LogP contribution in [0.4, 0.5) is 0 Å². The zero-order valence-corrected chi connectivity index (χ0v) is 20.5. The minimum Gasteiger partial charge on any atom is -0.256 e. The van der Waals surface area contributed by atoms with Crippen LogP contribution in [0.1, 0.15) is 0 Å². The monoisotopic (exact) mass is 484 g/mol. The van der Waals surface area contributed by atoms with Crippen molar-refractivity contribution < 1.29 is 0 Å². The van der Waals surface area contributed by atoms with Crippen molar-refractivity contribution in [3.8, 4) is 44.9 Å². The van der Waals surface area contributed by atoms with E-state index in [-0.39, 0.29) is 0 Å². The Bertz CT molecular complexity index is 1920. The molecule has 3 aromatic heterocycles. The second-order valence-electron chi connectivity index (χ2n) is 9.19. The van der Waals surface area contributed by atoms with E-state index >= 15 is 0 Å². The number of pyridine rings is 3. The highest BCUT2D eigenvalue weighted by Gasteiger charge is 2.16. The van der Waals surface area contributed by atoms with Crippen molar-refractivity contribution in [3.05, 3.63) is 140 Å². The van der Waals surface area contributed by atoms with E-state index in [0.717, 1.165) is 39.3 Å². The van der Waals surface area contributed by atoms with Gasteiger partial charge in [0.1, 0.15) is 0 Å². The smallest absolute Gasteiger partial charge is 0.0980 e. The van der Waals surface area contributed by atoms with Gasteiger partial charge in [0.05, 0.1) is 17.1 Å². The van der Waals surface area contributed by atoms with Crippen LogP contribution in [0.15, 0.2) is 134 Å². The maximum Gasteiger partial charge on any atom is 0.0980 e. The molecule has 0 saturated carbocycles. The van der Waals surface area contributed by atoms with Crippen molar-refractivity contribution in [2.24, 2.45) is 0 Å². The fraction of sp³-hybridized carbons (Fsp3) is 0. The number of hydrogen-bond acceptors (Lipinski definition) is 3. The fourth-order valence-corrected chi connectivity index (χ4v) is 5.22. The van der Waals surface area contributed by atoms with Crippen LogP contribution >= 0.6 is 0 Å². The Morgan fingerprint density at radius 3 is 2.13 bits per heavy atom. The zero-order valence-electron chi connectivity index (χ0n) is 20.5. The number of aromatic nitrogens is 3. The first-order valence-corrected chi connectivity index (χ1v) is 12.6. The zero-order chi connectivity index (χ0) is 25.3. The van der Waals surface area contributed by atoms with E-state index in [9.17, 15) is 0 Å². The van der Waals surface area contributed by atoms with Gasteiger partial charge in [-0.3, -0.25) is 15.0 Å². The third kappa shape index (κ3) is 3.82. The van der Waals surface area contributed by atoms with Crippen molar-refractivity contribution in [2.75, 3.05) is 0 Å². The molecule has 3 heterocycles. The van der Waals surface area contributed by atoms with Crippen LogP contribution in [-0.2, 0) is 0 Å². The summed E-state index contributed by atoms with van der Waals surface area (Å²) in [6, 6.07) is 43.3. The molecule has 0 spiro atoms. The van der Waals surface area contributed by atoms with E-state index in [1.807, 2.05) is 36.5 Å². The normalized spacial score (nSPS) is 11.2. The highest BCUT2D eigenvalue weighted by Crippen LogP contribution is 2.41. The van der Waals surface area contributed by atoms with Gasteiger partial charge in [0.2, 0.25) is 0 Å². The molecular weight excluding hydrogens is 462 g/mol. The summed E-state index contributed by atoms with van der Waals surface area (Å²) in [5, 5.41) is 4.79. The number of fused-ring (bicyclic) bond motifs is 2. The Hall–Kier alpha value is -5.15. The summed E-state index contributed by atoms with van der Waals surface area (Å²) in [7, 11) is 0. The first-order chi connectivity index (χ1) is 18.9. The van der Waals surface area contributed by atoms with Gasteiger partial charge in [0, 0.05) is 24.2 Å². The van der Waals surface area contributed by atoms with Crippen LogP contribution in [0.5, 0.6) is 0 Å². The molecule has 0 fully saturated rings. The van der Waals surface area contributed by atoms with Crippen LogP contribution in [0.2, 0.25) is 0 Å². The van der Waals surface area contributed by atoms with Gasteiger partial charge < -0.3 is 0 Å². The van der Waals surface area contributed by atoms with Crippen molar-refractivity contribution in [3.63, 3.8) is 0 Å². The Kier molecular flexibility index (Phi) is 5.45. The Balaban J connectivity index is 1.47. The number of benzene rings is 4. The van der Waals surface area contributed by atoms with Crippen molar-refractivity contribution in [2.45, 2.75) is 0 Å². The predicted molar refractivity (Wildman–Crippen MR) is 155 cm³/mol. The van der Waals surface area contributed by atoms with E-state index in [0.29, 0.717) is 0 Å². The SMILES string of the molecule is [c]1ccc2ccccc2c1-c1c(-c2ccnc(-c3cccnc3-c3ccccn3)c2)ccc2ccccc12. The first-order valence-electron chi connectivity index (χ1n) is 12.6. The lowest BCUT2D eigenvalue weighted by Crippen LogP contribution is -1.94. The molecular formula is C35H22N3. The summed E-state index contributed by atoms with van der Waals surface area (Å²) in [5.74, 6) is 0. The van der Waals surface area contributed by atoms with E-state index in [1.54, 1.807) is 12.4 Å². The van der Waals surface area contributed by atoms with Gasteiger partial charge in [-0.15, -0.1) is 0 Å². The van der Waals surface area contributed by atoms with Gasteiger partial charge in [-0.05, 0) is 86.3 Å². The molecule has 3 nitrogen and oxygen atoms in total. The average molecular weight is 485 g/mol. The average Bonchev–Trinajstić information content (AvgIpc) is 3.01. The largest absolute Gasteiger partial charge is 0.256 e. The molecule has 0 atom stereocenters. The van der Waals surface area contributed by atoms with Gasteiger partial charge >= 0.3 is 0 Å². The summed E-state index contributed by atoms with van der Waals surface area (Å²) in [6.45, 7) is 0. The quantitative estimate of drug-likeness (QED) is 0.251. The van der Waals surface area contributed by atoms with Gasteiger partial charge in [-0.25, -0.2) is 0 Å². The maximum absolute atomic E-state index is 4.76. The minimum absolute atomic E-state index is 0.818. The second-order valence-corrected chi connectivity index (χ2v) is 9.19. The molecule has 0 aliphatic carbocycles. The lowest BCUT2D eigenvalue weighted by Gasteiger charge is -2.16. The summed E-state index contributed by atoms with van der Waals surface area (Å²) in [4.78, 5) is 14.0. The lowest BCUT2D eigenvalue weighted by molar-refractivity contribution is 1.23. The summed E-state index contributed by atoms with van der Waals surface area (Å²) in [6.07, 6.45) is 5.47. The summed E-state index contributed by atoms with van der Waals surface area (Å²) in [5.41, 5.74) is 7.96. The Morgan fingerprint density at radius 1 is 0.500 bits per heavy atom. The lowest BCUT2D eigenvalue weighted by atomic mass is 9.87. The minimum atomic E-state index is 0.818. The highest BCUT2D eigenvalue weighted by molar-refractivity contribution is 6.10. The van der Waals surface area contributed by atoms with E-state index in [1.165, 1.54) is 27.1 Å². The van der Waals surface area contributed by atoms with Gasteiger partial charge in [0.15, 0.2) is 0 Å². The Labute approximate surface area is 221 Å². The standard InChI is InChI=1S/C35H22N3/c1-3-12-27-24(9-1)11-7-14-30(27)34-28-13-4-2-10-25(28)17-18-29(34)26-19-22-37-33(23-26)31-15-8-21-38-35(31)32-16-5-6-20-36-32/h1-13,15-23H. The number of nitrogens with zero attached hydrogens (tertiary/aromatic N) is 3. The molecule has 4 aromatic carbocycles. The van der Waals surface area contributed by atoms with E-state index < -0.39 is 0 Å². The summed E-state index contributed by atoms with van der Waals surface area (Å²) < 4.78 is 0. The van der Waals surface area contributed by atoms with Crippen LogP contribution in [0, 0.1) is 6.07 Å². The van der Waals surface area contributed by atoms with Gasteiger partial charge in [-0.1, -0.05) is 78.9 Å². The molecule has 7 rings (SSSR count). The van der Waals surface area contributed by atoms with Gasteiger partial charge in [0.25, 0.3) is 0 Å². The fourth-order valence-electron chi connectivity index (χ4n) is 5.22. The third-order valence-electron chi connectivity index (χ3n) is 6.96. The van der Waals surface area contributed by atoms with Crippen LogP contribution in [0.3, 0.4) is 0 Å². The van der Waals surface area contributed by atoms with Crippen LogP contribution in [-0.4, -0.2) is 15.0 Å². The molecule has 0 aliphatic rings. The number of hydrogen-bond donors (Lipinski definition) is 0. The third-order valence-corrected chi connectivity index (χ3v) is 6.96. The molecule has 0 aliphatic heterocycles. The highest BCUT2D eigenvalue weighted by atomic mass is 14.8. The Morgan fingerprint density at radius 2 is 1.26 bits per heavy atom. The molecule has 0 bridgehead atoms. The second kappa shape index (κ2) is 9.38. The van der Waals surface area contributed by atoms with Gasteiger partial charge in [-0.2, -0.15) is 0 Å². The topological polar surface area (TPSA) is 38.7 Å². The molecule has 1 radical (unpaired) electrons. The van der Waals surface area contributed by atoms with Crippen LogP contribution in [0.25, 0.3) is 66.4 Å². The summed E-state index contributed by atoms with van der Waals surface area (Å²) >= 11 is 0. The molecule has 3 heteroatoms. The first kappa shape index (κ1) is 22.1. The molecule has 7 aromatic rings. The molecule has 0 unspecified atom stereocenters. The molecule has 0 N–H and O–H groups in total. The molecule has 0 saturated heterocycles. The molecule has 0 amide bonds. The molecule has 38 heavy (non-hydrogen) atoms. The van der Waals surface area contributed by atoms with Crippen molar-refractivity contribution >= 4 is 21.5 Å². The maximum atomic E-state index is 4.76. The van der Waals surface area contributed by atoms with Crippen LogP contribution < -0.4 is 0 Å². The van der Waals surface area contributed by atoms with Crippen molar-refractivity contribution in [1.29, 1.82) is 0 Å².